The minimum atomic E-state index is -2.08. The Morgan fingerprint density at radius 2 is 1.67 bits per heavy atom. The Morgan fingerprint density at radius 1 is 1.13 bits per heavy atom. The normalized spacial score (nSPS) is 43.4. The molecule has 0 radical (unpaired) electrons. The van der Waals surface area contributed by atoms with Gasteiger partial charge in [-0.2, -0.15) is 0 Å². The van der Waals surface area contributed by atoms with Crippen LogP contribution in [0, 0.1) is 0 Å². The quantitative estimate of drug-likeness (QED) is 0.750. The Labute approximate surface area is 96.3 Å². The van der Waals surface area contributed by atoms with Gasteiger partial charge in [-0.25, -0.2) is 0 Å². The van der Waals surface area contributed by atoms with Gasteiger partial charge in [0.05, 0.1) is 0 Å². The van der Waals surface area contributed by atoms with Gasteiger partial charge in [-0.1, -0.05) is 12.8 Å². The molecule has 1 saturated heterocycles. The molecule has 2 unspecified atom stereocenters. The van der Waals surface area contributed by atoms with E-state index in [0.717, 1.165) is 0 Å². The lowest BCUT2D eigenvalue weighted by atomic mass is 10.3. The van der Waals surface area contributed by atoms with E-state index >= 15 is 0 Å². The summed E-state index contributed by atoms with van der Waals surface area (Å²) in [6.45, 7) is 6.35. The van der Waals surface area contributed by atoms with Crippen LogP contribution >= 0.6 is 0 Å². The molecule has 0 spiro atoms. The number of hydrogen-bond donors (Lipinski definition) is 1. The molecule has 4 nitrogen and oxygen atoms in total. The molecule has 7 heteroatoms. The van der Waals surface area contributed by atoms with Crippen LogP contribution in [0.25, 0.3) is 0 Å². The van der Waals surface area contributed by atoms with Crippen molar-refractivity contribution in [3.8, 4) is 0 Å². The molecule has 1 aliphatic carbocycles. The molecule has 0 aromatic heterocycles. The first kappa shape index (κ1) is 12.0. The lowest BCUT2D eigenvalue weighted by Gasteiger charge is -2.39. The van der Waals surface area contributed by atoms with Gasteiger partial charge in [-0.3, -0.25) is 4.98 Å². The molecule has 2 fully saturated rings. The van der Waals surface area contributed by atoms with Gasteiger partial charge in [0.25, 0.3) is 0 Å². The second-order valence-corrected chi connectivity index (χ2v) is 12.0. The summed E-state index contributed by atoms with van der Waals surface area (Å²) in [4.78, 5) is 3.64. The maximum absolute atomic E-state index is 5.96. The zero-order valence-corrected chi connectivity index (χ0v) is 13.1. The largest absolute Gasteiger partial charge is 0.420 e. The fraction of sp³-hybridized carbons (Fsp3) is 1.00. The molecular weight excluding hydrogens is 242 g/mol. The van der Waals surface area contributed by atoms with Gasteiger partial charge in [0.1, 0.15) is 0 Å². The summed E-state index contributed by atoms with van der Waals surface area (Å²) in [6, 6.07) is 0.627. The molecule has 0 bridgehead atoms. The summed E-state index contributed by atoms with van der Waals surface area (Å²) in [5.74, 6) is 0. The van der Waals surface area contributed by atoms with Gasteiger partial charge < -0.3 is 12.3 Å². The highest BCUT2D eigenvalue weighted by Crippen LogP contribution is 2.22. The Bertz CT molecular complexity index is 215. The van der Waals surface area contributed by atoms with Gasteiger partial charge in [0, 0.05) is 6.04 Å². The van der Waals surface area contributed by atoms with E-state index in [0.29, 0.717) is 6.04 Å². The summed E-state index contributed by atoms with van der Waals surface area (Å²) in [5, 5.41) is 0. The average molecular weight is 264 g/mol. The Morgan fingerprint density at radius 3 is 2.20 bits per heavy atom. The van der Waals surface area contributed by atoms with Crippen molar-refractivity contribution in [3.63, 3.8) is 0 Å². The fourth-order valence-corrected chi connectivity index (χ4v) is 13.5. The van der Waals surface area contributed by atoms with E-state index in [4.69, 9.17) is 12.3 Å². The SMILES string of the molecule is C[SiH]1O[SiH](C)O[Si](C)(NC2CCCC2)O1. The van der Waals surface area contributed by atoms with Gasteiger partial charge >= 0.3 is 27.3 Å². The van der Waals surface area contributed by atoms with Crippen LogP contribution in [-0.4, -0.2) is 33.3 Å². The third kappa shape index (κ3) is 3.22. The standard InChI is InChI=1S/C8H21NO3Si3/c1-13-10-14(2)12-15(3,11-13)9-8-6-4-5-7-8/h8-9,13-14H,4-7H2,1-3H3. The lowest BCUT2D eigenvalue weighted by molar-refractivity contribution is 0.251. The van der Waals surface area contributed by atoms with Crippen molar-refractivity contribution in [2.45, 2.75) is 51.4 Å². The zero-order valence-electron chi connectivity index (χ0n) is 9.79. The smallest absolute Gasteiger partial charge is 0.403 e. The van der Waals surface area contributed by atoms with Crippen LogP contribution in [0.5, 0.6) is 0 Å². The minimum absolute atomic E-state index is 0.627. The Balaban J connectivity index is 1.92. The van der Waals surface area contributed by atoms with Crippen LogP contribution in [-0.2, 0) is 12.3 Å². The highest BCUT2D eigenvalue weighted by molar-refractivity contribution is 6.80. The van der Waals surface area contributed by atoms with Crippen molar-refractivity contribution in [3.05, 3.63) is 0 Å². The fourth-order valence-electron chi connectivity index (χ4n) is 2.50. The topological polar surface area (TPSA) is 39.7 Å². The van der Waals surface area contributed by atoms with E-state index in [1.807, 2.05) is 0 Å². The summed E-state index contributed by atoms with van der Waals surface area (Å²) < 4.78 is 17.6. The second kappa shape index (κ2) is 4.78. The highest BCUT2D eigenvalue weighted by atomic mass is 28.5. The Kier molecular flexibility index (Phi) is 3.81. The van der Waals surface area contributed by atoms with E-state index in [-0.39, 0.29) is 0 Å². The molecule has 0 aromatic rings. The van der Waals surface area contributed by atoms with Gasteiger partial charge in [-0.15, -0.1) is 0 Å². The molecule has 2 atom stereocenters. The van der Waals surface area contributed by atoms with Gasteiger partial charge in [-0.05, 0) is 32.5 Å². The maximum atomic E-state index is 5.96. The summed E-state index contributed by atoms with van der Waals surface area (Å²) >= 11 is 0. The predicted octanol–water partition coefficient (Wildman–Crippen LogP) is 0.851. The number of hydrogen-bond acceptors (Lipinski definition) is 4. The van der Waals surface area contributed by atoms with Crippen LogP contribution in [0.4, 0.5) is 0 Å². The molecule has 2 rings (SSSR count). The van der Waals surface area contributed by atoms with Crippen LogP contribution in [0.2, 0.25) is 19.6 Å². The molecule has 1 aliphatic heterocycles. The van der Waals surface area contributed by atoms with Crippen LogP contribution in [0.15, 0.2) is 0 Å². The first-order valence-corrected chi connectivity index (χ1v) is 12.4. The lowest BCUT2D eigenvalue weighted by Crippen LogP contribution is -2.65. The van der Waals surface area contributed by atoms with Crippen molar-refractivity contribution >= 4 is 27.3 Å². The molecule has 1 saturated carbocycles. The van der Waals surface area contributed by atoms with Crippen molar-refractivity contribution in [2.24, 2.45) is 0 Å². The summed E-state index contributed by atoms with van der Waals surface area (Å²) in [5.41, 5.74) is 0. The second-order valence-electron chi connectivity index (χ2n) is 4.58. The minimum Gasteiger partial charge on any atom is -0.420 e. The third-order valence-corrected chi connectivity index (χ3v) is 13.2. The average Bonchev–Trinajstić information content (AvgIpc) is 2.52. The van der Waals surface area contributed by atoms with Gasteiger partial charge in [0.15, 0.2) is 0 Å². The zero-order chi connectivity index (χ0) is 10.9. The van der Waals surface area contributed by atoms with E-state index in [1.165, 1.54) is 25.7 Å². The molecule has 0 amide bonds. The first-order valence-electron chi connectivity index (χ1n) is 5.86. The molecule has 2 aliphatic rings. The van der Waals surface area contributed by atoms with Crippen molar-refractivity contribution < 1.29 is 12.3 Å². The number of rotatable bonds is 2. The third-order valence-electron chi connectivity index (χ3n) is 2.99. The van der Waals surface area contributed by atoms with Crippen molar-refractivity contribution in [1.82, 2.24) is 4.98 Å². The van der Waals surface area contributed by atoms with E-state index in [9.17, 15) is 0 Å². The highest BCUT2D eigenvalue weighted by Gasteiger charge is 2.43. The molecule has 0 aromatic carbocycles. The Hall–Kier alpha value is 0.491. The molecule has 1 N–H and O–H groups in total. The van der Waals surface area contributed by atoms with Gasteiger partial charge in [0.2, 0.25) is 0 Å². The molecule has 15 heavy (non-hydrogen) atoms. The molecule has 88 valence electrons. The van der Waals surface area contributed by atoms with E-state index in [1.54, 1.807) is 0 Å². The van der Waals surface area contributed by atoms with Crippen LogP contribution < -0.4 is 4.98 Å². The van der Waals surface area contributed by atoms with E-state index < -0.39 is 27.3 Å². The summed E-state index contributed by atoms with van der Waals surface area (Å²) in [7, 11) is -4.88. The van der Waals surface area contributed by atoms with Crippen LogP contribution in [0.3, 0.4) is 0 Å². The number of nitrogens with one attached hydrogen (secondary N) is 1. The first-order chi connectivity index (χ1) is 7.07. The molecular formula is C8H21NO3Si3. The van der Waals surface area contributed by atoms with Crippen molar-refractivity contribution in [2.75, 3.05) is 0 Å². The predicted molar refractivity (Wildman–Crippen MR) is 66.3 cm³/mol. The summed E-state index contributed by atoms with van der Waals surface area (Å²) in [6.07, 6.45) is 5.25. The van der Waals surface area contributed by atoms with Crippen molar-refractivity contribution in [1.29, 1.82) is 0 Å². The van der Waals surface area contributed by atoms with E-state index in [2.05, 4.69) is 24.6 Å². The molecule has 1 heterocycles. The monoisotopic (exact) mass is 263 g/mol. The van der Waals surface area contributed by atoms with Crippen LogP contribution in [0.1, 0.15) is 25.7 Å². The maximum Gasteiger partial charge on any atom is 0.403 e.